The molecule has 4 nitrogen and oxygen atoms in total. The Bertz CT molecular complexity index is 596. The van der Waals surface area contributed by atoms with Crippen LogP contribution in [0.15, 0.2) is 24.3 Å². The third-order valence-corrected chi connectivity index (χ3v) is 2.65. The van der Waals surface area contributed by atoms with Crippen molar-refractivity contribution < 1.29 is 14.6 Å². The molecule has 0 radical (unpaired) electrons. The third kappa shape index (κ3) is 2.01. The molecule has 0 bridgehead atoms. The van der Waals surface area contributed by atoms with E-state index in [9.17, 15) is 4.79 Å². The number of benzene rings is 1. The Labute approximate surface area is 98.5 Å². The Kier molecular flexibility index (Phi) is 2.87. The van der Waals surface area contributed by atoms with Crippen LogP contribution in [-0.2, 0) is 4.79 Å². The average Bonchev–Trinajstić information content (AvgIpc) is 2.62. The second-order valence-corrected chi connectivity index (χ2v) is 3.72. The first-order valence-electron chi connectivity index (χ1n) is 5.19. The van der Waals surface area contributed by atoms with E-state index in [0.717, 1.165) is 34.0 Å². The lowest BCUT2D eigenvalue weighted by atomic mass is 10.1. The van der Waals surface area contributed by atoms with Gasteiger partial charge in [0.25, 0.3) is 0 Å². The quantitative estimate of drug-likeness (QED) is 0.798. The molecular weight excluding hydrogens is 218 g/mol. The summed E-state index contributed by atoms with van der Waals surface area (Å²) in [6, 6.07) is 5.68. The van der Waals surface area contributed by atoms with Crippen LogP contribution in [0.4, 0.5) is 0 Å². The number of nitrogens with one attached hydrogen (secondary N) is 1. The maximum absolute atomic E-state index is 10.5. The van der Waals surface area contributed by atoms with Crippen molar-refractivity contribution in [1.29, 1.82) is 0 Å². The van der Waals surface area contributed by atoms with Crippen LogP contribution >= 0.6 is 0 Å². The van der Waals surface area contributed by atoms with Crippen molar-refractivity contribution in [2.45, 2.75) is 6.92 Å². The van der Waals surface area contributed by atoms with Crippen molar-refractivity contribution in [2.75, 3.05) is 7.11 Å². The number of H-pyrrole nitrogens is 1. The highest BCUT2D eigenvalue weighted by atomic mass is 16.5. The topological polar surface area (TPSA) is 62.3 Å². The van der Waals surface area contributed by atoms with Crippen LogP contribution < -0.4 is 4.74 Å². The molecule has 2 aromatic rings. The maximum Gasteiger partial charge on any atom is 0.328 e. The van der Waals surface area contributed by atoms with Gasteiger partial charge in [-0.2, -0.15) is 0 Å². The predicted molar refractivity (Wildman–Crippen MR) is 66.3 cm³/mol. The standard InChI is InChI=1S/C13H13NO3/c1-8-9(6-7-12(15)16)10-4-3-5-11(17-2)13(10)14-8/h3-7,14H,1-2H3,(H,15,16)/b7-6+. The van der Waals surface area contributed by atoms with E-state index in [1.165, 1.54) is 0 Å². The molecule has 0 aliphatic carbocycles. The van der Waals surface area contributed by atoms with Gasteiger partial charge in [-0.3, -0.25) is 0 Å². The molecule has 0 fully saturated rings. The van der Waals surface area contributed by atoms with E-state index in [1.54, 1.807) is 13.2 Å². The number of carboxylic acids is 1. The van der Waals surface area contributed by atoms with Gasteiger partial charge in [0, 0.05) is 22.7 Å². The number of aromatic nitrogens is 1. The lowest BCUT2D eigenvalue weighted by Crippen LogP contribution is -1.86. The summed E-state index contributed by atoms with van der Waals surface area (Å²) in [7, 11) is 1.61. The zero-order chi connectivity index (χ0) is 12.4. The number of fused-ring (bicyclic) bond motifs is 1. The molecule has 0 aliphatic rings. The fourth-order valence-electron chi connectivity index (χ4n) is 1.88. The number of carbonyl (C=O) groups is 1. The van der Waals surface area contributed by atoms with Crippen molar-refractivity contribution in [3.63, 3.8) is 0 Å². The van der Waals surface area contributed by atoms with Crippen LogP contribution in [0.2, 0.25) is 0 Å². The average molecular weight is 231 g/mol. The Balaban J connectivity index is 2.64. The molecule has 1 heterocycles. The Morgan fingerprint density at radius 3 is 2.88 bits per heavy atom. The summed E-state index contributed by atoms with van der Waals surface area (Å²) >= 11 is 0. The minimum absolute atomic E-state index is 0.751. The molecule has 2 N–H and O–H groups in total. The molecule has 2 rings (SSSR count). The molecule has 17 heavy (non-hydrogen) atoms. The molecule has 4 heteroatoms. The number of ether oxygens (including phenoxy) is 1. The number of carboxylic acid groups (broad SMARTS) is 1. The molecule has 0 amide bonds. The van der Waals surface area contributed by atoms with Crippen molar-refractivity contribution in [1.82, 2.24) is 4.98 Å². The van der Waals surface area contributed by atoms with E-state index >= 15 is 0 Å². The summed E-state index contributed by atoms with van der Waals surface area (Å²) in [5.74, 6) is -0.206. The van der Waals surface area contributed by atoms with Gasteiger partial charge in [0.15, 0.2) is 0 Å². The van der Waals surface area contributed by atoms with Crippen LogP contribution in [-0.4, -0.2) is 23.2 Å². The van der Waals surface area contributed by atoms with Crippen molar-refractivity contribution in [3.05, 3.63) is 35.5 Å². The monoisotopic (exact) mass is 231 g/mol. The highest BCUT2D eigenvalue weighted by molar-refractivity contribution is 5.97. The van der Waals surface area contributed by atoms with Crippen LogP contribution in [0.1, 0.15) is 11.3 Å². The van der Waals surface area contributed by atoms with E-state index in [1.807, 2.05) is 25.1 Å². The Morgan fingerprint density at radius 1 is 1.47 bits per heavy atom. The third-order valence-electron chi connectivity index (χ3n) is 2.65. The molecule has 0 atom stereocenters. The Morgan fingerprint density at radius 2 is 2.24 bits per heavy atom. The minimum Gasteiger partial charge on any atom is -0.495 e. The molecule has 0 spiro atoms. The highest BCUT2D eigenvalue weighted by Gasteiger charge is 2.09. The van der Waals surface area contributed by atoms with Gasteiger partial charge < -0.3 is 14.8 Å². The van der Waals surface area contributed by atoms with Crippen molar-refractivity contribution in [3.8, 4) is 5.75 Å². The zero-order valence-electron chi connectivity index (χ0n) is 9.65. The molecule has 0 saturated carbocycles. The molecule has 1 aromatic carbocycles. The molecule has 0 unspecified atom stereocenters. The lowest BCUT2D eigenvalue weighted by Gasteiger charge is -2.00. The lowest BCUT2D eigenvalue weighted by molar-refractivity contribution is -0.131. The Hall–Kier alpha value is -2.23. The molecule has 88 valence electrons. The minimum atomic E-state index is -0.957. The van der Waals surface area contributed by atoms with Gasteiger partial charge in [-0.1, -0.05) is 12.1 Å². The number of para-hydroxylation sites is 1. The van der Waals surface area contributed by atoms with Crippen LogP contribution in [0, 0.1) is 6.92 Å². The van der Waals surface area contributed by atoms with E-state index in [2.05, 4.69) is 4.98 Å². The number of rotatable bonds is 3. The number of methoxy groups -OCH3 is 1. The van der Waals surface area contributed by atoms with Gasteiger partial charge in [-0.25, -0.2) is 4.79 Å². The van der Waals surface area contributed by atoms with E-state index in [0.29, 0.717) is 0 Å². The maximum atomic E-state index is 10.5. The summed E-state index contributed by atoms with van der Waals surface area (Å²) in [4.78, 5) is 13.7. The molecular formula is C13H13NO3. The predicted octanol–water partition coefficient (Wildman–Crippen LogP) is 2.58. The van der Waals surface area contributed by atoms with Gasteiger partial charge in [0.05, 0.1) is 12.6 Å². The first-order chi connectivity index (χ1) is 8.13. The smallest absolute Gasteiger partial charge is 0.328 e. The zero-order valence-corrected chi connectivity index (χ0v) is 9.65. The van der Waals surface area contributed by atoms with Crippen LogP contribution in [0.5, 0.6) is 5.75 Å². The van der Waals surface area contributed by atoms with E-state index in [-0.39, 0.29) is 0 Å². The summed E-state index contributed by atoms with van der Waals surface area (Å²) in [6.45, 7) is 1.90. The summed E-state index contributed by atoms with van der Waals surface area (Å²) in [5.41, 5.74) is 2.68. The number of aryl methyl sites for hydroxylation is 1. The second kappa shape index (κ2) is 4.33. The van der Waals surface area contributed by atoms with Gasteiger partial charge in [0.2, 0.25) is 0 Å². The number of hydrogen-bond acceptors (Lipinski definition) is 2. The van der Waals surface area contributed by atoms with E-state index < -0.39 is 5.97 Å². The summed E-state index contributed by atoms with van der Waals surface area (Å²) in [5, 5.41) is 9.61. The van der Waals surface area contributed by atoms with Crippen LogP contribution in [0.25, 0.3) is 17.0 Å². The molecule has 0 aliphatic heterocycles. The fourth-order valence-corrected chi connectivity index (χ4v) is 1.88. The van der Waals surface area contributed by atoms with Gasteiger partial charge in [-0.15, -0.1) is 0 Å². The van der Waals surface area contributed by atoms with Gasteiger partial charge >= 0.3 is 5.97 Å². The summed E-state index contributed by atoms with van der Waals surface area (Å²) < 4.78 is 5.25. The van der Waals surface area contributed by atoms with E-state index in [4.69, 9.17) is 9.84 Å². The van der Waals surface area contributed by atoms with Crippen LogP contribution in [0.3, 0.4) is 0 Å². The van der Waals surface area contributed by atoms with Crippen molar-refractivity contribution >= 4 is 22.9 Å². The second-order valence-electron chi connectivity index (χ2n) is 3.72. The highest BCUT2D eigenvalue weighted by Crippen LogP contribution is 2.30. The van der Waals surface area contributed by atoms with Crippen molar-refractivity contribution in [2.24, 2.45) is 0 Å². The normalized spacial score (nSPS) is 11.2. The first kappa shape index (κ1) is 11.3. The number of aromatic amines is 1. The number of hydrogen-bond donors (Lipinski definition) is 2. The number of aliphatic carboxylic acids is 1. The summed E-state index contributed by atoms with van der Waals surface area (Å²) in [6.07, 6.45) is 2.73. The van der Waals surface area contributed by atoms with Gasteiger partial charge in [0.1, 0.15) is 5.75 Å². The molecule has 0 saturated heterocycles. The molecule has 1 aromatic heterocycles. The largest absolute Gasteiger partial charge is 0.495 e. The van der Waals surface area contributed by atoms with Gasteiger partial charge in [-0.05, 0) is 19.1 Å². The first-order valence-corrected chi connectivity index (χ1v) is 5.19. The fraction of sp³-hybridized carbons (Fsp3) is 0.154. The SMILES string of the molecule is COc1cccc2c(/C=C/C(=O)O)c(C)[nH]c12.